The molecule has 3 aromatic rings. The van der Waals surface area contributed by atoms with E-state index in [2.05, 4.69) is 9.97 Å². The lowest BCUT2D eigenvalue weighted by Crippen LogP contribution is -2.54. The van der Waals surface area contributed by atoms with E-state index in [0.29, 0.717) is 20.9 Å². The number of hydrogen-bond acceptors (Lipinski definition) is 4. The SMILES string of the molecule is CC(C)(C)C1(c2nc3c(oc4ccc(Cl)cc43)c(=O)[nH]2)CC(F)(F)CN1C(=O)O. The number of rotatable bonds is 1. The van der Waals surface area contributed by atoms with Crippen LogP contribution in [0.1, 0.15) is 33.0 Å². The van der Waals surface area contributed by atoms with Gasteiger partial charge in [-0.1, -0.05) is 32.4 Å². The molecule has 1 saturated heterocycles. The van der Waals surface area contributed by atoms with Gasteiger partial charge in [-0.05, 0) is 23.6 Å². The van der Waals surface area contributed by atoms with Crippen LogP contribution in [0, 0.1) is 5.41 Å². The highest BCUT2D eigenvalue weighted by Crippen LogP contribution is 2.54. The highest BCUT2D eigenvalue weighted by atomic mass is 35.5. The first kappa shape index (κ1) is 19.6. The number of carbonyl (C=O) groups is 1. The van der Waals surface area contributed by atoms with Gasteiger partial charge in [0.05, 0.1) is 6.54 Å². The van der Waals surface area contributed by atoms with Crippen molar-refractivity contribution < 1.29 is 23.1 Å². The van der Waals surface area contributed by atoms with Crippen molar-refractivity contribution in [1.29, 1.82) is 0 Å². The van der Waals surface area contributed by atoms with E-state index in [-0.39, 0.29) is 16.9 Å². The molecule has 2 N–H and O–H groups in total. The molecule has 0 saturated carbocycles. The van der Waals surface area contributed by atoms with Crippen molar-refractivity contribution in [3.05, 3.63) is 39.4 Å². The van der Waals surface area contributed by atoms with Crippen molar-refractivity contribution in [3.63, 3.8) is 0 Å². The van der Waals surface area contributed by atoms with Gasteiger partial charge in [-0.25, -0.2) is 18.6 Å². The number of furan rings is 1. The maximum atomic E-state index is 14.5. The van der Waals surface area contributed by atoms with Crippen LogP contribution in [0.25, 0.3) is 22.1 Å². The molecule has 29 heavy (non-hydrogen) atoms. The number of benzene rings is 1. The van der Waals surface area contributed by atoms with Gasteiger partial charge in [-0.3, -0.25) is 9.69 Å². The average Bonchev–Trinajstić information content (AvgIpc) is 3.10. The molecule has 1 unspecified atom stereocenters. The molecule has 0 radical (unpaired) electrons. The summed E-state index contributed by atoms with van der Waals surface area (Å²) in [5.41, 5.74) is -3.02. The third kappa shape index (κ3) is 2.78. The summed E-state index contributed by atoms with van der Waals surface area (Å²) in [6, 6.07) is 4.72. The number of halogens is 3. The van der Waals surface area contributed by atoms with E-state index in [1.807, 2.05) is 0 Å². The van der Waals surface area contributed by atoms with Crippen LogP contribution in [-0.2, 0) is 5.54 Å². The standard InChI is InChI=1S/C19H18ClF2N3O4/c1-17(2,3)19(7-18(21,22)8-25(19)16(27)28)15-23-12-10-6-9(20)4-5-11(10)29-13(12)14(26)24-15/h4-6H,7-8H2,1-3H3,(H,27,28)(H,23,24,26). The number of fused-ring (bicyclic) bond motifs is 3. The van der Waals surface area contributed by atoms with Crippen LogP contribution in [0.3, 0.4) is 0 Å². The molecule has 3 heterocycles. The number of aromatic nitrogens is 2. The zero-order chi connectivity index (χ0) is 21.4. The summed E-state index contributed by atoms with van der Waals surface area (Å²) in [6.07, 6.45) is -2.32. The molecule has 154 valence electrons. The average molecular weight is 426 g/mol. The summed E-state index contributed by atoms with van der Waals surface area (Å²) >= 11 is 6.04. The Kier molecular flexibility index (Phi) is 4.00. The minimum absolute atomic E-state index is 0.0818. The van der Waals surface area contributed by atoms with Crippen LogP contribution in [-0.4, -0.2) is 38.5 Å². The van der Waals surface area contributed by atoms with E-state index in [1.165, 1.54) is 0 Å². The lowest BCUT2D eigenvalue weighted by atomic mass is 9.70. The Balaban J connectivity index is 2.09. The first-order valence-corrected chi connectivity index (χ1v) is 9.24. The van der Waals surface area contributed by atoms with Crippen molar-refractivity contribution in [1.82, 2.24) is 14.9 Å². The molecule has 0 bridgehead atoms. The summed E-state index contributed by atoms with van der Waals surface area (Å²) in [7, 11) is 0. The molecular formula is C19H18ClF2N3O4. The topological polar surface area (TPSA) is 99.4 Å². The van der Waals surface area contributed by atoms with Gasteiger partial charge in [-0.15, -0.1) is 0 Å². The maximum Gasteiger partial charge on any atom is 0.408 e. The summed E-state index contributed by atoms with van der Waals surface area (Å²) in [5, 5.41) is 10.5. The Morgan fingerprint density at radius 3 is 2.69 bits per heavy atom. The van der Waals surface area contributed by atoms with Gasteiger partial charge in [0, 0.05) is 16.8 Å². The van der Waals surface area contributed by atoms with Gasteiger partial charge in [0.2, 0.25) is 5.58 Å². The number of alkyl halides is 2. The quantitative estimate of drug-likeness (QED) is 0.594. The van der Waals surface area contributed by atoms with Crippen molar-refractivity contribution in [2.75, 3.05) is 6.54 Å². The lowest BCUT2D eigenvalue weighted by Gasteiger charge is -2.45. The Labute approximate surface area is 168 Å². The van der Waals surface area contributed by atoms with Gasteiger partial charge in [0.1, 0.15) is 22.5 Å². The maximum absolute atomic E-state index is 14.5. The Morgan fingerprint density at radius 1 is 1.38 bits per heavy atom. The molecule has 1 atom stereocenters. The first-order chi connectivity index (χ1) is 13.4. The molecular weight excluding hydrogens is 408 g/mol. The van der Waals surface area contributed by atoms with E-state index < -0.39 is 41.5 Å². The van der Waals surface area contributed by atoms with E-state index in [1.54, 1.807) is 39.0 Å². The fourth-order valence-electron chi connectivity index (χ4n) is 4.18. The molecule has 1 aliphatic rings. The Hall–Kier alpha value is -2.68. The van der Waals surface area contributed by atoms with Crippen LogP contribution >= 0.6 is 11.6 Å². The number of H-pyrrole nitrogens is 1. The number of amides is 1. The number of hydrogen-bond donors (Lipinski definition) is 2. The monoisotopic (exact) mass is 425 g/mol. The zero-order valence-corrected chi connectivity index (χ0v) is 16.6. The van der Waals surface area contributed by atoms with Gasteiger partial charge >= 0.3 is 6.09 Å². The van der Waals surface area contributed by atoms with E-state index in [4.69, 9.17) is 16.0 Å². The van der Waals surface area contributed by atoms with Crippen molar-refractivity contribution in [3.8, 4) is 0 Å². The second-order valence-electron chi connectivity index (χ2n) is 8.35. The van der Waals surface area contributed by atoms with Crippen LogP contribution in [0.4, 0.5) is 13.6 Å². The minimum Gasteiger partial charge on any atom is -0.465 e. The van der Waals surface area contributed by atoms with E-state index in [9.17, 15) is 23.5 Å². The third-order valence-electron chi connectivity index (χ3n) is 5.51. The highest BCUT2D eigenvalue weighted by Gasteiger charge is 2.64. The third-order valence-corrected chi connectivity index (χ3v) is 5.75. The largest absolute Gasteiger partial charge is 0.465 e. The molecule has 1 amide bonds. The number of nitrogens with one attached hydrogen (secondary N) is 1. The predicted molar refractivity (Wildman–Crippen MR) is 103 cm³/mol. The number of carboxylic acid groups (broad SMARTS) is 1. The molecule has 0 aliphatic carbocycles. The van der Waals surface area contributed by atoms with E-state index >= 15 is 0 Å². The van der Waals surface area contributed by atoms with Crippen molar-refractivity contribution in [2.45, 2.75) is 38.7 Å². The second kappa shape index (κ2) is 5.91. The summed E-state index contributed by atoms with van der Waals surface area (Å²) in [5.74, 6) is -3.43. The first-order valence-electron chi connectivity index (χ1n) is 8.87. The van der Waals surface area contributed by atoms with Crippen molar-refractivity contribution >= 4 is 39.8 Å². The number of nitrogens with zero attached hydrogens (tertiary/aromatic N) is 2. The molecule has 4 rings (SSSR count). The molecule has 10 heteroatoms. The van der Waals surface area contributed by atoms with Gasteiger partial charge in [0.15, 0.2) is 0 Å². The zero-order valence-electron chi connectivity index (χ0n) is 15.8. The number of aromatic amines is 1. The molecule has 1 aliphatic heterocycles. The summed E-state index contributed by atoms with van der Waals surface area (Å²) in [4.78, 5) is 32.3. The highest BCUT2D eigenvalue weighted by molar-refractivity contribution is 6.31. The summed E-state index contributed by atoms with van der Waals surface area (Å²) < 4.78 is 34.5. The molecule has 7 nitrogen and oxygen atoms in total. The van der Waals surface area contributed by atoms with E-state index in [0.717, 1.165) is 0 Å². The summed E-state index contributed by atoms with van der Waals surface area (Å²) in [6.45, 7) is 3.93. The fourth-order valence-corrected chi connectivity index (χ4v) is 4.35. The molecule has 0 spiro atoms. The van der Waals surface area contributed by atoms with Crippen molar-refractivity contribution in [2.24, 2.45) is 5.41 Å². The van der Waals surface area contributed by atoms with Gasteiger partial charge < -0.3 is 14.5 Å². The van der Waals surface area contributed by atoms with Crippen LogP contribution < -0.4 is 5.56 Å². The smallest absolute Gasteiger partial charge is 0.408 e. The molecule has 2 aromatic heterocycles. The Morgan fingerprint density at radius 2 is 2.07 bits per heavy atom. The molecule has 1 aromatic carbocycles. The lowest BCUT2D eigenvalue weighted by molar-refractivity contribution is 0.000543. The van der Waals surface area contributed by atoms with Crippen LogP contribution in [0.2, 0.25) is 5.02 Å². The predicted octanol–water partition coefficient (Wildman–Crippen LogP) is 4.58. The fraction of sp³-hybridized carbons (Fsp3) is 0.421. The number of likely N-dealkylation sites (tertiary alicyclic amines) is 1. The van der Waals surface area contributed by atoms with Crippen LogP contribution in [0.15, 0.2) is 27.4 Å². The second-order valence-corrected chi connectivity index (χ2v) is 8.78. The van der Waals surface area contributed by atoms with Crippen LogP contribution in [0.5, 0.6) is 0 Å². The van der Waals surface area contributed by atoms with Gasteiger partial charge in [0.25, 0.3) is 11.5 Å². The molecule has 1 fully saturated rings. The normalized spacial score (nSPS) is 21.9. The Bertz CT molecular complexity index is 1210. The van der Waals surface area contributed by atoms with Gasteiger partial charge in [-0.2, -0.15) is 0 Å². The minimum atomic E-state index is -3.28.